The minimum atomic E-state index is -4.04. The molecule has 2 aliphatic heterocycles. The number of sulfonamides is 2. The molecule has 2 aromatic heterocycles. The van der Waals surface area contributed by atoms with Gasteiger partial charge in [0, 0.05) is 114 Å². The summed E-state index contributed by atoms with van der Waals surface area (Å²) in [6, 6.07) is 17.1. The van der Waals surface area contributed by atoms with Crippen LogP contribution in [0, 0.1) is 0 Å². The van der Waals surface area contributed by atoms with Gasteiger partial charge < -0.3 is 30.8 Å². The van der Waals surface area contributed by atoms with Gasteiger partial charge in [-0.25, -0.2) is 16.8 Å². The number of nitrogens with one attached hydrogen (secondary N) is 6. The number of amides is 2. The number of aromatic nitrogens is 2. The van der Waals surface area contributed by atoms with E-state index in [2.05, 4.69) is 30.0 Å². The first-order valence-electron chi connectivity index (χ1n) is 23.3. The summed E-state index contributed by atoms with van der Waals surface area (Å²) in [5.74, 6) is -2.93. The Morgan fingerprint density at radius 3 is 1.26 bits per heavy atom. The Labute approximate surface area is 454 Å². The second kappa shape index (κ2) is 21.4. The van der Waals surface area contributed by atoms with Crippen LogP contribution in [0.15, 0.2) is 82.6 Å². The van der Waals surface area contributed by atoms with Gasteiger partial charge in [-0.2, -0.15) is 0 Å². The molecular weight excluding hydrogens is 1110 g/mol. The zero-order valence-corrected chi connectivity index (χ0v) is 44.1. The number of carboxylic acid groups (broad SMARTS) is 2. The largest absolute Gasteiger partial charge is 0.481 e. The predicted molar refractivity (Wildman–Crippen MR) is 288 cm³/mol. The molecule has 2 aliphatic carbocycles. The predicted octanol–water partition coefficient (Wildman–Crippen LogP) is 10.3. The van der Waals surface area contributed by atoms with Crippen LogP contribution < -0.4 is 20.1 Å². The summed E-state index contributed by atoms with van der Waals surface area (Å²) in [4.78, 5) is 79.8. The van der Waals surface area contributed by atoms with Crippen molar-refractivity contribution in [2.75, 3.05) is 20.1 Å². The number of rotatable bonds is 14. The van der Waals surface area contributed by atoms with Crippen LogP contribution in [0.2, 0.25) is 20.1 Å². The average molecular weight is 1150 g/mol. The molecule has 0 saturated carbocycles. The summed E-state index contributed by atoms with van der Waals surface area (Å²) in [5.41, 5.74) is 7.33. The molecule has 0 bridgehead atoms. The molecule has 0 atom stereocenters. The molecule has 4 aromatic carbocycles. The number of hydrogen-bond acceptors (Lipinski definition) is 10. The van der Waals surface area contributed by atoms with Crippen molar-refractivity contribution < 1.29 is 55.8 Å². The maximum absolute atomic E-state index is 12.9. The fourth-order valence-electron chi connectivity index (χ4n) is 9.49. The Balaban J connectivity index is 0.000000186. The Morgan fingerprint density at radius 1 is 0.539 bits per heavy atom. The standard InChI is InChI=1S/2C26H21Cl2N3O6S/c2*27-13-8-14(28)10-16(9-13)38(36,37)31-15-4-6-20-18(11-15)19(26(35)30-20)12-22-17(5-7-24(33)34)25-21(29-22)2-1-3-23(25)32/h2*4,6,8-12,29,31H,1-3,5,7H2,(H,30,35)(H,33,34)/b19-12-;. The van der Waals surface area contributed by atoms with Crippen molar-refractivity contribution in [2.24, 2.45) is 0 Å². The minimum Gasteiger partial charge on any atom is -0.481 e. The molecule has 2 amide bonds. The second-order valence-electron chi connectivity index (χ2n) is 18.0. The molecule has 0 radical (unpaired) electrons. The topological polar surface area (TPSA) is 291 Å². The molecule has 0 fully saturated rings. The van der Waals surface area contributed by atoms with Crippen LogP contribution in [0.1, 0.15) is 104 Å². The van der Waals surface area contributed by atoms with E-state index in [1.54, 1.807) is 24.3 Å². The molecule has 18 nitrogen and oxygen atoms in total. The Bertz CT molecular complexity index is 3520. The van der Waals surface area contributed by atoms with Gasteiger partial charge in [0.05, 0.1) is 20.9 Å². The first kappa shape index (κ1) is 53.6. The normalized spacial score (nSPS) is 15.8. The lowest BCUT2D eigenvalue weighted by atomic mass is 9.91. The molecule has 392 valence electrons. The zero-order valence-electron chi connectivity index (χ0n) is 39.5. The van der Waals surface area contributed by atoms with Crippen molar-refractivity contribution in [3.63, 3.8) is 0 Å². The Hall–Kier alpha value is -7.20. The highest BCUT2D eigenvalue weighted by Crippen LogP contribution is 2.40. The molecular formula is C52H42Cl4N6O12S2. The summed E-state index contributed by atoms with van der Waals surface area (Å²) < 4.78 is 56.7. The second-order valence-corrected chi connectivity index (χ2v) is 23.2. The quantitative estimate of drug-likeness (QED) is 0.0473. The number of fused-ring (bicyclic) bond motifs is 4. The van der Waals surface area contributed by atoms with Crippen molar-refractivity contribution in [3.8, 4) is 0 Å². The lowest BCUT2D eigenvalue weighted by Crippen LogP contribution is -2.13. The molecule has 4 heterocycles. The molecule has 10 rings (SSSR count). The van der Waals surface area contributed by atoms with Crippen LogP contribution in [0.4, 0.5) is 22.7 Å². The fourth-order valence-corrected chi connectivity index (χ4v) is 13.0. The lowest BCUT2D eigenvalue weighted by molar-refractivity contribution is -0.138. The van der Waals surface area contributed by atoms with E-state index < -0.39 is 43.8 Å². The van der Waals surface area contributed by atoms with Gasteiger partial charge in [-0.1, -0.05) is 46.4 Å². The maximum Gasteiger partial charge on any atom is 0.303 e. The number of hydrogen-bond donors (Lipinski definition) is 8. The van der Waals surface area contributed by atoms with Gasteiger partial charge in [-0.3, -0.25) is 38.2 Å². The van der Waals surface area contributed by atoms with Crippen molar-refractivity contribution in [1.29, 1.82) is 0 Å². The molecule has 4 aliphatic rings. The number of aryl methyl sites for hydroxylation is 2. The number of aromatic amines is 2. The summed E-state index contributed by atoms with van der Waals surface area (Å²) >= 11 is 23.8. The molecule has 0 unspecified atom stereocenters. The fraction of sp³-hybridized carbons (Fsp3) is 0.192. The summed E-state index contributed by atoms with van der Waals surface area (Å²) in [6.45, 7) is 0. The van der Waals surface area contributed by atoms with Gasteiger partial charge in [0.1, 0.15) is 0 Å². The number of benzene rings is 4. The lowest BCUT2D eigenvalue weighted by Gasteiger charge is -2.11. The smallest absolute Gasteiger partial charge is 0.303 e. The van der Waals surface area contributed by atoms with Gasteiger partial charge in [0.2, 0.25) is 0 Å². The third kappa shape index (κ3) is 11.5. The van der Waals surface area contributed by atoms with E-state index in [4.69, 9.17) is 46.4 Å². The van der Waals surface area contributed by atoms with E-state index in [9.17, 15) is 55.8 Å². The molecule has 6 aromatic rings. The number of carboxylic acids is 2. The average Bonchev–Trinajstić information content (AvgIpc) is 4.09. The van der Waals surface area contributed by atoms with Crippen LogP contribution in [0.3, 0.4) is 0 Å². The van der Waals surface area contributed by atoms with E-state index >= 15 is 0 Å². The highest BCUT2D eigenvalue weighted by atomic mass is 35.5. The summed E-state index contributed by atoms with van der Waals surface area (Å²) in [6.07, 6.45) is 6.50. The van der Waals surface area contributed by atoms with Crippen LogP contribution >= 0.6 is 46.4 Å². The van der Waals surface area contributed by atoms with Crippen molar-refractivity contribution in [2.45, 2.75) is 74.0 Å². The number of H-pyrrole nitrogens is 2. The number of Topliss-reactive ketones (excluding diaryl/α,β-unsaturated/α-hetero) is 2. The van der Waals surface area contributed by atoms with Gasteiger partial charge in [-0.05, 0) is 135 Å². The van der Waals surface area contributed by atoms with E-state index in [-0.39, 0.29) is 89.7 Å². The van der Waals surface area contributed by atoms with Crippen LogP contribution in [-0.4, -0.2) is 72.3 Å². The highest BCUT2D eigenvalue weighted by Gasteiger charge is 2.32. The highest BCUT2D eigenvalue weighted by molar-refractivity contribution is 7.93. The third-order valence-corrected chi connectivity index (χ3v) is 16.4. The number of anilines is 4. The van der Waals surface area contributed by atoms with Crippen LogP contribution in [0.25, 0.3) is 23.3 Å². The molecule has 8 N–H and O–H groups in total. The van der Waals surface area contributed by atoms with E-state index in [0.29, 0.717) is 94.7 Å². The van der Waals surface area contributed by atoms with Crippen LogP contribution in [0.5, 0.6) is 0 Å². The van der Waals surface area contributed by atoms with Gasteiger partial charge in [0.25, 0.3) is 31.9 Å². The molecule has 0 saturated heterocycles. The third-order valence-electron chi connectivity index (χ3n) is 12.8. The molecule has 0 spiro atoms. The van der Waals surface area contributed by atoms with Gasteiger partial charge >= 0.3 is 11.9 Å². The number of aliphatic carboxylic acids is 2. The van der Waals surface area contributed by atoms with E-state index in [1.807, 2.05) is 0 Å². The van der Waals surface area contributed by atoms with Gasteiger partial charge in [0.15, 0.2) is 11.6 Å². The Kier molecular flexibility index (Phi) is 15.1. The maximum atomic E-state index is 12.9. The number of halogens is 4. The number of carbonyl (C=O) groups excluding carboxylic acids is 4. The van der Waals surface area contributed by atoms with E-state index in [0.717, 1.165) is 11.4 Å². The first-order valence-corrected chi connectivity index (χ1v) is 27.8. The monoisotopic (exact) mass is 1150 g/mol. The molecule has 76 heavy (non-hydrogen) atoms. The first-order chi connectivity index (χ1) is 36.0. The Morgan fingerprint density at radius 2 is 0.908 bits per heavy atom. The summed E-state index contributed by atoms with van der Waals surface area (Å²) in [5, 5.41) is 24.6. The summed E-state index contributed by atoms with van der Waals surface area (Å²) in [7, 11) is -8.08. The minimum absolute atomic E-state index is 0.0541. The number of carbonyl (C=O) groups is 6. The molecule has 24 heteroatoms. The SMILES string of the molecule is O=C(O)CCc1c(/C=C2\C(=O)Nc3ccc(NS(=O)(=O)c4cc(Cl)cc(Cl)c4)cc32)[nH]c2c1C(=O)CCC2.O=C(O)CCc1c(C=C2C(=O)Nc3ccc(NS(=O)(=O)c4cc(Cl)cc(Cl)c4)cc32)[nH]c2c1C(=O)CCC2. The number of ketones is 2. The van der Waals surface area contributed by atoms with Crippen molar-refractivity contribution in [1.82, 2.24) is 9.97 Å². The van der Waals surface area contributed by atoms with E-state index in [1.165, 1.54) is 60.7 Å². The zero-order chi connectivity index (χ0) is 54.4. The van der Waals surface area contributed by atoms with Gasteiger partial charge in [-0.15, -0.1) is 0 Å². The van der Waals surface area contributed by atoms with Crippen molar-refractivity contribution >= 4 is 148 Å². The van der Waals surface area contributed by atoms with Crippen LogP contribution in [-0.2, 0) is 64.9 Å². The van der Waals surface area contributed by atoms with Crippen molar-refractivity contribution in [3.05, 3.63) is 149 Å².